The van der Waals surface area contributed by atoms with Gasteiger partial charge in [-0.25, -0.2) is 5.43 Å². The highest BCUT2D eigenvalue weighted by Crippen LogP contribution is 2.13. The van der Waals surface area contributed by atoms with Crippen LogP contribution in [0.25, 0.3) is 0 Å². The molecule has 0 aliphatic heterocycles. The molecule has 0 unspecified atom stereocenters. The van der Waals surface area contributed by atoms with E-state index in [1.54, 1.807) is 6.21 Å². The van der Waals surface area contributed by atoms with Gasteiger partial charge in [-0.2, -0.15) is 5.10 Å². The Morgan fingerprint density at radius 3 is 2.28 bits per heavy atom. The Morgan fingerprint density at radius 1 is 0.828 bits per heavy atom. The number of amides is 1. The number of rotatable bonds is 9. The molecule has 0 saturated carbocycles. The maximum Gasteiger partial charge on any atom is 0.271 e. The number of carbonyl (C=O) groups is 1. The summed E-state index contributed by atoms with van der Waals surface area (Å²) in [5, 5.41) is 4.14. The summed E-state index contributed by atoms with van der Waals surface area (Å²) >= 11 is 0. The minimum absolute atomic E-state index is 0.176. The predicted octanol–water partition coefficient (Wildman–Crippen LogP) is 5.58. The van der Waals surface area contributed by atoms with E-state index < -0.39 is 0 Å². The molecule has 1 N–H and O–H groups in total. The normalized spacial score (nSPS) is 10.9. The van der Waals surface area contributed by atoms with E-state index in [9.17, 15) is 4.79 Å². The number of hydrogen-bond donors (Lipinski definition) is 1. The molecule has 0 aliphatic carbocycles. The Balaban J connectivity index is 1.58. The molecule has 29 heavy (non-hydrogen) atoms. The highest BCUT2D eigenvalue weighted by Gasteiger charge is 2.10. The fraction of sp³-hybridized carbons (Fsp3) is 0.231. The molecule has 0 aromatic heterocycles. The van der Waals surface area contributed by atoms with Gasteiger partial charge >= 0.3 is 0 Å². The molecular formula is C26H28N2O. The first-order valence-corrected chi connectivity index (χ1v) is 10.3. The first-order chi connectivity index (χ1) is 14.3. The highest BCUT2D eigenvalue weighted by atomic mass is 16.2. The quantitative estimate of drug-likeness (QED) is 0.380. The lowest BCUT2D eigenvalue weighted by molar-refractivity contribution is 0.0954. The van der Waals surface area contributed by atoms with Crippen LogP contribution >= 0.6 is 0 Å². The van der Waals surface area contributed by atoms with Gasteiger partial charge in [0.15, 0.2) is 0 Å². The van der Waals surface area contributed by atoms with Gasteiger partial charge in [-0.15, -0.1) is 0 Å². The third-order valence-electron chi connectivity index (χ3n) is 4.97. The maximum absolute atomic E-state index is 12.6. The Labute approximate surface area is 173 Å². The Bertz CT molecular complexity index is 930. The average molecular weight is 385 g/mol. The van der Waals surface area contributed by atoms with Crippen LogP contribution in [-0.2, 0) is 19.3 Å². The van der Waals surface area contributed by atoms with E-state index in [0.29, 0.717) is 5.56 Å². The summed E-state index contributed by atoms with van der Waals surface area (Å²) in [5.41, 5.74) is 7.95. The highest BCUT2D eigenvalue weighted by molar-refractivity contribution is 5.96. The van der Waals surface area contributed by atoms with Crippen molar-refractivity contribution in [3.8, 4) is 0 Å². The van der Waals surface area contributed by atoms with Crippen LogP contribution in [0.1, 0.15) is 52.4 Å². The average Bonchev–Trinajstić information content (AvgIpc) is 2.78. The first kappa shape index (κ1) is 20.5. The topological polar surface area (TPSA) is 41.5 Å². The molecule has 0 heterocycles. The molecule has 0 radical (unpaired) electrons. The second-order valence-corrected chi connectivity index (χ2v) is 7.19. The van der Waals surface area contributed by atoms with Crippen LogP contribution in [0, 0.1) is 0 Å². The third kappa shape index (κ3) is 6.42. The van der Waals surface area contributed by atoms with Crippen molar-refractivity contribution in [1.29, 1.82) is 0 Å². The van der Waals surface area contributed by atoms with Crippen molar-refractivity contribution >= 4 is 12.1 Å². The zero-order chi connectivity index (χ0) is 20.3. The fourth-order valence-corrected chi connectivity index (χ4v) is 3.26. The van der Waals surface area contributed by atoms with E-state index in [1.807, 2.05) is 54.6 Å². The fourth-order valence-electron chi connectivity index (χ4n) is 3.26. The van der Waals surface area contributed by atoms with E-state index >= 15 is 0 Å². The monoisotopic (exact) mass is 384 g/mol. The lowest BCUT2D eigenvalue weighted by Gasteiger charge is -2.08. The lowest BCUT2D eigenvalue weighted by atomic mass is 9.99. The van der Waals surface area contributed by atoms with Crippen molar-refractivity contribution < 1.29 is 4.79 Å². The molecule has 3 rings (SSSR count). The van der Waals surface area contributed by atoms with Crippen molar-refractivity contribution in [2.45, 2.75) is 39.0 Å². The molecule has 0 fully saturated rings. The van der Waals surface area contributed by atoms with Crippen LogP contribution in [0.2, 0.25) is 0 Å². The molecule has 0 saturated heterocycles. The number of nitrogens with one attached hydrogen (secondary N) is 1. The second-order valence-electron chi connectivity index (χ2n) is 7.19. The Morgan fingerprint density at radius 2 is 1.52 bits per heavy atom. The van der Waals surface area contributed by atoms with Gasteiger partial charge in [-0.1, -0.05) is 86.1 Å². The molecule has 0 aliphatic rings. The van der Waals surface area contributed by atoms with Gasteiger partial charge < -0.3 is 0 Å². The second kappa shape index (κ2) is 11.0. The standard InChI is InChI=1S/C26H28N2O/c1-2-3-9-22-14-16-23(17-15-22)20-27-28-26(29)25-13-8-7-12-24(25)19-18-21-10-5-4-6-11-21/h4-8,10-17,20H,2-3,9,18-19H2,1H3,(H,28,29)/b27-20+. The minimum atomic E-state index is -0.176. The molecule has 3 heteroatoms. The largest absolute Gasteiger partial charge is 0.271 e. The first-order valence-electron chi connectivity index (χ1n) is 10.3. The van der Waals surface area contributed by atoms with Crippen molar-refractivity contribution in [2.75, 3.05) is 0 Å². The van der Waals surface area contributed by atoms with Gasteiger partial charge in [-0.3, -0.25) is 4.79 Å². The van der Waals surface area contributed by atoms with Crippen LogP contribution in [0.5, 0.6) is 0 Å². The van der Waals surface area contributed by atoms with E-state index in [1.165, 1.54) is 24.0 Å². The molecule has 148 valence electrons. The summed E-state index contributed by atoms with van der Waals surface area (Å²) < 4.78 is 0. The van der Waals surface area contributed by atoms with Crippen LogP contribution in [0.3, 0.4) is 0 Å². The number of carbonyl (C=O) groups excluding carboxylic acids is 1. The number of nitrogens with zero attached hydrogens (tertiary/aromatic N) is 1. The molecule has 0 spiro atoms. The van der Waals surface area contributed by atoms with Gasteiger partial charge in [0.1, 0.15) is 0 Å². The summed E-state index contributed by atoms with van der Waals surface area (Å²) in [6, 6.07) is 26.4. The van der Waals surface area contributed by atoms with Crippen LogP contribution in [-0.4, -0.2) is 12.1 Å². The summed E-state index contributed by atoms with van der Waals surface area (Å²) in [5.74, 6) is -0.176. The van der Waals surface area contributed by atoms with Crippen molar-refractivity contribution in [3.05, 3.63) is 107 Å². The molecule has 3 aromatic carbocycles. The zero-order valence-corrected chi connectivity index (χ0v) is 17.0. The minimum Gasteiger partial charge on any atom is -0.267 e. The van der Waals surface area contributed by atoms with Crippen molar-refractivity contribution in [2.24, 2.45) is 5.10 Å². The molecular weight excluding hydrogens is 356 g/mol. The van der Waals surface area contributed by atoms with E-state index in [0.717, 1.165) is 30.4 Å². The van der Waals surface area contributed by atoms with Gasteiger partial charge in [-0.05, 0) is 54.0 Å². The number of benzene rings is 3. The van der Waals surface area contributed by atoms with Gasteiger partial charge in [0.2, 0.25) is 0 Å². The SMILES string of the molecule is CCCCc1ccc(/C=N/NC(=O)c2ccccc2CCc2ccccc2)cc1. The van der Waals surface area contributed by atoms with E-state index in [2.05, 4.69) is 41.7 Å². The molecule has 0 bridgehead atoms. The number of aryl methyl sites for hydroxylation is 3. The van der Waals surface area contributed by atoms with Crippen LogP contribution in [0.15, 0.2) is 84.0 Å². The van der Waals surface area contributed by atoms with Gasteiger partial charge in [0.25, 0.3) is 5.91 Å². The van der Waals surface area contributed by atoms with Gasteiger partial charge in [0.05, 0.1) is 6.21 Å². The van der Waals surface area contributed by atoms with Gasteiger partial charge in [0, 0.05) is 5.56 Å². The summed E-state index contributed by atoms with van der Waals surface area (Å²) in [4.78, 5) is 12.6. The molecule has 0 atom stereocenters. The van der Waals surface area contributed by atoms with Crippen LogP contribution in [0.4, 0.5) is 0 Å². The van der Waals surface area contributed by atoms with Crippen molar-refractivity contribution in [1.82, 2.24) is 5.43 Å². The van der Waals surface area contributed by atoms with Crippen LogP contribution < -0.4 is 5.43 Å². The molecule has 3 aromatic rings. The third-order valence-corrected chi connectivity index (χ3v) is 4.97. The smallest absolute Gasteiger partial charge is 0.267 e. The Hall–Kier alpha value is -3.20. The molecule has 1 amide bonds. The predicted molar refractivity (Wildman–Crippen MR) is 120 cm³/mol. The molecule has 3 nitrogen and oxygen atoms in total. The zero-order valence-electron chi connectivity index (χ0n) is 17.0. The number of hydrazone groups is 1. The maximum atomic E-state index is 12.6. The number of hydrogen-bond acceptors (Lipinski definition) is 2. The lowest BCUT2D eigenvalue weighted by Crippen LogP contribution is -2.19. The Kier molecular flexibility index (Phi) is 7.76. The van der Waals surface area contributed by atoms with E-state index in [-0.39, 0.29) is 5.91 Å². The van der Waals surface area contributed by atoms with Crippen molar-refractivity contribution in [3.63, 3.8) is 0 Å². The summed E-state index contributed by atoms with van der Waals surface area (Å²) in [6.45, 7) is 2.20. The number of unbranched alkanes of at least 4 members (excludes halogenated alkanes) is 1. The summed E-state index contributed by atoms with van der Waals surface area (Å²) in [6.07, 6.45) is 6.91. The summed E-state index contributed by atoms with van der Waals surface area (Å²) in [7, 11) is 0. The van der Waals surface area contributed by atoms with E-state index in [4.69, 9.17) is 0 Å².